The largest absolute Gasteiger partial charge is 0.322 e. The molecule has 0 heterocycles. The minimum Gasteiger partial charge on any atom is -0.322 e. The van der Waals surface area contributed by atoms with Gasteiger partial charge in [-0.05, 0) is 48.5 Å². The number of halogens is 1. The molecule has 2 aromatic rings. The van der Waals surface area contributed by atoms with E-state index in [1.807, 2.05) is 0 Å². The van der Waals surface area contributed by atoms with Crippen LogP contribution in [0.15, 0.2) is 53.4 Å². The van der Waals surface area contributed by atoms with Crippen LogP contribution >= 0.6 is 0 Å². The summed E-state index contributed by atoms with van der Waals surface area (Å²) in [4.78, 5) is 11.8. The zero-order valence-corrected chi connectivity index (χ0v) is 11.0. The van der Waals surface area contributed by atoms with Crippen LogP contribution in [-0.2, 0) is 10.0 Å². The molecule has 0 bridgehead atoms. The lowest BCUT2D eigenvalue weighted by Gasteiger charge is -2.06. The van der Waals surface area contributed by atoms with E-state index in [1.54, 1.807) is 0 Å². The Bertz CT molecular complexity index is 725. The molecule has 7 heteroatoms. The van der Waals surface area contributed by atoms with E-state index in [4.69, 9.17) is 5.14 Å². The van der Waals surface area contributed by atoms with Crippen molar-refractivity contribution in [1.82, 2.24) is 0 Å². The van der Waals surface area contributed by atoms with Gasteiger partial charge in [0.25, 0.3) is 5.91 Å². The van der Waals surface area contributed by atoms with Crippen molar-refractivity contribution in [2.75, 3.05) is 5.32 Å². The van der Waals surface area contributed by atoms with Gasteiger partial charge in [0.2, 0.25) is 10.0 Å². The summed E-state index contributed by atoms with van der Waals surface area (Å²) in [5.41, 5.74) is 0.702. The number of hydrogen-bond acceptors (Lipinski definition) is 3. The lowest BCUT2D eigenvalue weighted by Crippen LogP contribution is -2.13. The first kappa shape index (κ1) is 14.2. The fraction of sp³-hybridized carbons (Fsp3) is 0. The second-order valence-electron chi connectivity index (χ2n) is 4.03. The highest BCUT2D eigenvalue weighted by Crippen LogP contribution is 2.14. The molecule has 0 aliphatic carbocycles. The summed E-state index contributed by atoms with van der Waals surface area (Å²) in [6.45, 7) is 0. The number of nitrogens with one attached hydrogen (secondary N) is 1. The first-order valence-corrected chi connectivity index (χ1v) is 7.11. The van der Waals surface area contributed by atoms with Crippen LogP contribution in [0.25, 0.3) is 0 Å². The molecule has 0 unspecified atom stereocenters. The summed E-state index contributed by atoms with van der Waals surface area (Å²) in [6, 6.07) is 10.5. The number of carbonyl (C=O) groups is 1. The van der Waals surface area contributed by atoms with Crippen LogP contribution in [0.1, 0.15) is 10.4 Å². The van der Waals surface area contributed by atoms with Gasteiger partial charge >= 0.3 is 0 Å². The number of rotatable bonds is 3. The lowest BCUT2D eigenvalue weighted by atomic mass is 10.2. The molecule has 3 N–H and O–H groups in total. The maximum absolute atomic E-state index is 12.7. The third-order valence-electron chi connectivity index (χ3n) is 2.55. The van der Waals surface area contributed by atoms with E-state index < -0.39 is 21.7 Å². The second-order valence-corrected chi connectivity index (χ2v) is 5.59. The molecule has 0 fully saturated rings. The topological polar surface area (TPSA) is 89.3 Å². The molecule has 0 spiro atoms. The molecule has 5 nitrogen and oxygen atoms in total. The second kappa shape index (κ2) is 5.40. The van der Waals surface area contributed by atoms with Crippen LogP contribution in [0, 0.1) is 5.82 Å². The van der Waals surface area contributed by atoms with Crippen molar-refractivity contribution < 1.29 is 17.6 Å². The van der Waals surface area contributed by atoms with E-state index in [-0.39, 0.29) is 4.90 Å². The highest BCUT2D eigenvalue weighted by molar-refractivity contribution is 7.89. The summed E-state index contributed by atoms with van der Waals surface area (Å²) >= 11 is 0. The van der Waals surface area contributed by atoms with Crippen molar-refractivity contribution in [3.8, 4) is 0 Å². The molecule has 20 heavy (non-hydrogen) atoms. The molecule has 2 rings (SSSR count). The van der Waals surface area contributed by atoms with E-state index in [2.05, 4.69) is 5.32 Å². The zero-order valence-electron chi connectivity index (χ0n) is 10.2. The van der Waals surface area contributed by atoms with E-state index in [1.165, 1.54) is 48.5 Å². The molecule has 104 valence electrons. The SMILES string of the molecule is NS(=O)(=O)c1ccc(NC(=O)c2ccc(F)cc2)cc1. The highest BCUT2D eigenvalue weighted by Gasteiger charge is 2.09. The fourth-order valence-corrected chi connectivity index (χ4v) is 2.05. The van der Waals surface area contributed by atoms with Gasteiger partial charge in [0.1, 0.15) is 5.82 Å². The number of nitrogens with two attached hydrogens (primary N) is 1. The molecule has 2 aromatic carbocycles. The van der Waals surface area contributed by atoms with E-state index >= 15 is 0 Å². The van der Waals surface area contributed by atoms with E-state index in [0.29, 0.717) is 11.3 Å². The highest BCUT2D eigenvalue weighted by atomic mass is 32.2. The molecular formula is C13H11FN2O3S. The zero-order chi connectivity index (χ0) is 14.8. The van der Waals surface area contributed by atoms with E-state index in [0.717, 1.165) is 0 Å². The van der Waals surface area contributed by atoms with Gasteiger partial charge in [-0.15, -0.1) is 0 Å². The number of primary sulfonamides is 1. The Balaban J connectivity index is 2.14. The van der Waals surface area contributed by atoms with Crippen molar-refractivity contribution in [1.29, 1.82) is 0 Å². The van der Waals surface area contributed by atoms with Crippen molar-refractivity contribution in [3.63, 3.8) is 0 Å². The van der Waals surface area contributed by atoms with Crippen molar-refractivity contribution in [2.45, 2.75) is 4.90 Å². The van der Waals surface area contributed by atoms with E-state index in [9.17, 15) is 17.6 Å². The number of benzene rings is 2. The Morgan fingerprint density at radius 2 is 1.55 bits per heavy atom. The van der Waals surface area contributed by atoms with Crippen LogP contribution < -0.4 is 10.5 Å². The van der Waals surface area contributed by atoms with Gasteiger partial charge in [-0.2, -0.15) is 0 Å². The number of sulfonamides is 1. The van der Waals surface area contributed by atoms with Crippen LogP contribution in [0.3, 0.4) is 0 Å². The predicted molar refractivity (Wildman–Crippen MR) is 72.2 cm³/mol. The molecule has 0 saturated carbocycles. The Kier molecular flexibility index (Phi) is 3.82. The Hall–Kier alpha value is -2.25. The summed E-state index contributed by atoms with van der Waals surface area (Å²) < 4.78 is 34.9. The quantitative estimate of drug-likeness (QED) is 0.903. The Labute approximate surface area is 115 Å². The summed E-state index contributed by atoms with van der Waals surface area (Å²) in [7, 11) is -3.76. The van der Waals surface area contributed by atoms with Gasteiger partial charge in [0.05, 0.1) is 4.90 Å². The monoisotopic (exact) mass is 294 g/mol. The van der Waals surface area contributed by atoms with Crippen LogP contribution in [-0.4, -0.2) is 14.3 Å². The summed E-state index contributed by atoms with van der Waals surface area (Å²) in [5.74, 6) is -0.854. The average molecular weight is 294 g/mol. The smallest absolute Gasteiger partial charge is 0.255 e. The van der Waals surface area contributed by atoms with Gasteiger partial charge in [0, 0.05) is 11.3 Å². The molecular weight excluding hydrogens is 283 g/mol. The molecule has 0 aliphatic heterocycles. The van der Waals surface area contributed by atoms with Crippen molar-refractivity contribution >= 4 is 21.6 Å². The number of carbonyl (C=O) groups excluding carboxylic acids is 1. The first-order chi connectivity index (χ1) is 9.36. The predicted octanol–water partition coefficient (Wildman–Crippen LogP) is 1.73. The van der Waals surface area contributed by atoms with Gasteiger partial charge in [-0.25, -0.2) is 17.9 Å². The minimum atomic E-state index is -3.76. The molecule has 0 radical (unpaired) electrons. The Morgan fingerprint density at radius 3 is 2.05 bits per heavy atom. The van der Waals surface area contributed by atoms with Crippen molar-refractivity contribution in [2.24, 2.45) is 5.14 Å². The van der Waals surface area contributed by atoms with Crippen LogP contribution in [0.2, 0.25) is 0 Å². The standard InChI is InChI=1S/C13H11FN2O3S/c14-10-3-1-9(2-4-10)13(17)16-11-5-7-12(8-6-11)20(15,18)19/h1-8H,(H,16,17)(H2,15,18,19). The lowest BCUT2D eigenvalue weighted by molar-refractivity contribution is 0.102. The molecule has 1 amide bonds. The average Bonchev–Trinajstić information content (AvgIpc) is 2.39. The minimum absolute atomic E-state index is 0.0442. The third-order valence-corrected chi connectivity index (χ3v) is 3.48. The summed E-state index contributed by atoms with van der Waals surface area (Å²) in [6.07, 6.45) is 0. The maximum Gasteiger partial charge on any atom is 0.255 e. The molecule has 0 aromatic heterocycles. The van der Waals surface area contributed by atoms with Gasteiger partial charge < -0.3 is 5.32 Å². The summed E-state index contributed by atoms with van der Waals surface area (Å²) in [5, 5.41) is 7.52. The molecule has 0 aliphatic rings. The van der Waals surface area contributed by atoms with Crippen LogP contribution in [0.4, 0.5) is 10.1 Å². The van der Waals surface area contributed by atoms with Gasteiger partial charge in [0.15, 0.2) is 0 Å². The normalized spacial score (nSPS) is 11.1. The fourth-order valence-electron chi connectivity index (χ4n) is 1.53. The molecule has 0 saturated heterocycles. The third kappa shape index (κ3) is 3.40. The number of amides is 1. The first-order valence-electron chi connectivity index (χ1n) is 5.56. The molecule has 0 atom stereocenters. The number of anilines is 1. The maximum atomic E-state index is 12.7. The number of hydrogen-bond donors (Lipinski definition) is 2. The van der Waals surface area contributed by atoms with Crippen LogP contribution in [0.5, 0.6) is 0 Å². The Morgan fingerprint density at radius 1 is 1.00 bits per heavy atom. The van der Waals surface area contributed by atoms with Crippen molar-refractivity contribution in [3.05, 3.63) is 59.9 Å². The van der Waals surface area contributed by atoms with Gasteiger partial charge in [-0.3, -0.25) is 4.79 Å². The van der Waals surface area contributed by atoms with Gasteiger partial charge in [-0.1, -0.05) is 0 Å².